The second-order valence-corrected chi connectivity index (χ2v) is 5.14. The topological polar surface area (TPSA) is 90.2 Å². The minimum Gasteiger partial charge on any atom is -0.771 e. The highest BCUT2D eigenvalue weighted by Gasteiger charge is 2.06. The van der Waals surface area contributed by atoms with E-state index < -0.39 is 16.5 Å². The molecule has 1 aromatic heterocycles. The molecule has 0 aliphatic carbocycles. The summed E-state index contributed by atoms with van der Waals surface area (Å²) in [4.78, 5) is 4.33. The molecule has 104 valence electrons. The van der Waals surface area contributed by atoms with Crippen molar-refractivity contribution in [2.45, 2.75) is 25.1 Å². The lowest BCUT2D eigenvalue weighted by molar-refractivity contribution is 0.441. The molecule has 0 aliphatic heterocycles. The number of aromatic nitrogens is 1. The van der Waals surface area contributed by atoms with Gasteiger partial charge in [0.05, 0.1) is 5.37 Å². The predicted octanol–water partition coefficient (Wildman–Crippen LogP) is 1.08. The Morgan fingerprint density at radius 3 is 2.95 bits per heavy atom. The molecule has 0 amide bonds. The number of hydrogen-bond donors (Lipinski definition) is 2. The molecule has 1 aromatic carbocycles. The van der Waals surface area contributed by atoms with Crippen LogP contribution in [0.15, 0.2) is 28.7 Å². The van der Waals surface area contributed by atoms with Crippen molar-refractivity contribution in [2.75, 3.05) is 6.54 Å². The van der Waals surface area contributed by atoms with Crippen LogP contribution in [0.25, 0.3) is 11.1 Å². The quantitative estimate of drug-likeness (QED) is 0.448. The van der Waals surface area contributed by atoms with Gasteiger partial charge in [-0.3, -0.25) is 9.63 Å². The molecule has 0 saturated heterocycles. The van der Waals surface area contributed by atoms with Gasteiger partial charge in [-0.2, -0.15) is 0 Å². The van der Waals surface area contributed by atoms with Gasteiger partial charge in [-0.05, 0) is 29.6 Å². The van der Waals surface area contributed by atoms with Crippen LogP contribution in [0.3, 0.4) is 0 Å². The predicted molar refractivity (Wildman–Crippen MR) is 71.9 cm³/mol. The Labute approximate surface area is 113 Å². The van der Waals surface area contributed by atoms with Crippen molar-refractivity contribution in [1.82, 2.24) is 15.8 Å². The van der Waals surface area contributed by atoms with Gasteiger partial charge in [-0.15, -0.1) is 0 Å². The van der Waals surface area contributed by atoms with E-state index in [2.05, 4.69) is 15.8 Å². The summed E-state index contributed by atoms with van der Waals surface area (Å²) in [6.07, 6.45) is 1.09. The summed E-state index contributed by atoms with van der Waals surface area (Å²) in [5.41, 5.74) is 7.20. The number of benzene rings is 1. The van der Waals surface area contributed by atoms with E-state index in [9.17, 15) is 8.76 Å². The summed E-state index contributed by atoms with van der Waals surface area (Å²) < 4.78 is 27.1. The van der Waals surface area contributed by atoms with Crippen molar-refractivity contribution in [3.63, 3.8) is 0 Å². The Hall–Kier alpha value is -1.28. The van der Waals surface area contributed by atoms with E-state index in [-0.39, 0.29) is 0 Å². The Morgan fingerprint density at radius 1 is 1.47 bits per heavy atom. The van der Waals surface area contributed by atoms with Crippen molar-refractivity contribution < 1.29 is 13.2 Å². The SMILES string of the molecule is CCC(NNCCc1nc2ccccc2o1)S(=O)[O-]. The van der Waals surface area contributed by atoms with E-state index in [0.29, 0.717) is 25.3 Å². The van der Waals surface area contributed by atoms with Crippen molar-refractivity contribution in [2.24, 2.45) is 0 Å². The van der Waals surface area contributed by atoms with E-state index in [1.54, 1.807) is 6.92 Å². The van der Waals surface area contributed by atoms with Gasteiger partial charge in [0, 0.05) is 13.0 Å². The van der Waals surface area contributed by atoms with Crippen LogP contribution in [-0.4, -0.2) is 25.7 Å². The van der Waals surface area contributed by atoms with Gasteiger partial charge in [0.15, 0.2) is 11.5 Å². The summed E-state index contributed by atoms with van der Waals surface area (Å²) in [6, 6.07) is 7.56. The van der Waals surface area contributed by atoms with E-state index in [0.717, 1.165) is 11.1 Å². The van der Waals surface area contributed by atoms with Crippen LogP contribution in [0.1, 0.15) is 19.2 Å². The first-order chi connectivity index (χ1) is 9.20. The van der Waals surface area contributed by atoms with Crippen LogP contribution in [0.2, 0.25) is 0 Å². The second kappa shape index (κ2) is 6.76. The number of oxazole rings is 1. The number of hydrogen-bond acceptors (Lipinski definition) is 6. The molecule has 2 aromatic rings. The van der Waals surface area contributed by atoms with Gasteiger partial charge in [0.2, 0.25) is 0 Å². The number of para-hydroxylation sites is 2. The van der Waals surface area contributed by atoms with E-state index >= 15 is 0 Å². The smallest absolute Gasteiger partial charge is 0.196 e. The van der Waals surface area contributed by atoms with E-state index in [4.69, 9.17) is 4.42 Å². The van der Waals surface area contributed by atoms with Crippen molar-refractivity contribution >= 4 is 22.2 Å². The number of hydrazine groups is 1. The standard InChI is InChI=1S/C12H17N3O3S/c1-2-12(19(16)17)15-13-8-7-11-14-9-5-3-4-6-10(9)18-11/h3-6,12-13,15H,2,7-8H2,1H3,(H,16,17)/p-1. The molecule has 2 rings (SSSR count). The largest absolute Gasteiger partial charge is 0.771 e. The third-order valence-corrected chi connectivity index (χ3v) is 3.58. The first-order valence-electron chi connectivity index (χ1n) is 6.11. The van der Waals surface area contributed by atoms with Gasteiger partial charge >= 0.3 is 0 Å². The Kier molecular flexibility index (Phi) is 5.03. The van der Waals surface area contributed by atoms with Crippen LogP contribution in [-0.2, 0) is 17.5 Å². The number of fused-ring (bicyclic) bond motifs is 1. The lowest BCUT2D eigenvalue weighted by Gasteiger charge is -2.19. The minimum atomic E-state index is -2.13. The molecule has 0 fully saturated rings. The summed E-state index contributed by atoms with van der Waals surface area (Å²) in [7, 11) is 0. The molecule has 0 aliphatic rings. The van der Waals surface area contributed by atoms with Crippen molar-refractivity contribution in [3.05, 3.63) is 30.2 Å². The Morgan fingerprint density at radius 2 is 2.26 bits per heavy atom. The maximum Gasteiger partial charge on any atom is 0.196 e. The average molecular weight is 282 g/mol. The Bertz CT molecular complexity index is 525. The number of nitrogens with zero attached hydrogens (tertiary/aromatic N) is 1. The van der Waals surface area contributed by atoms with Crippen molar-refractivity contribution in [3.8, 4) is 0 Å². The molecule has 0 radical (unpaired) electrons. The molecule has 6 nitrogen and oxygen atoms in total. The zero-order chi connectivity index (χ0) is 13.7. The summed E-state index contributed by atoms with van der Waals surface area (Å²) >= 11 is -2.13. The zero-order valence-electron chi connectivity index (χ0n) is 10.6. The molecule has 0 saturated carbocycles. The molecule has 2 atom stereocenters. The van der Waals surface area contributed by atoms with Gasteiger partial charge in [-0.1, -0.05) is 19.1 Å². The summed E-state index contributed by atoms with van der Waals surface area (Å²) in [6.45, 7) is 2.34. The molecule has 19 heavy (non-hydrogen) atoms. The second-order valence-electron chi connectivity index (χ2n) is 4.05. The molecular weight excluding hydrogens is 266 g/mol. The van der Waals surface area contributed by atoms with Crippen LogP contribution in [0, 0.1) is 0 Å². The highest BCUT2D eigenvalue weighted by Crippen LogP contribution is 2.14. The van der Waals surface area contributed by atoms with Gasteiger partial charge in [-0.25, -0.2) is 10.4 Å². The van der Waals surface area contributed by atoms with Gasteiger partial charge in [0.1, 0.15) is 5.52 Å². The lowest BCUT2D eigenvalue weighted by Crippen LogP contribution is -2.43. The maximum atomic E-state index is 10.8. The molecular formula is C12H16N3O3S-. The van der Waals surface area contributed by atoms with Crippen LogP contribution >= 0.6 is 0 Å². The third-order valence-electron chi connectivity index (χ3n) is 2.67. The Balaban J connectivity index is 1.81. The minimum absolute atomic E-state index is 0.506. The summed E-state index contributed by atoms with van der Waals surface area (Å²) in [5.74, 6) is 0.631. The third kappa shape index (κ3) is 3.84. The van der Waals surface area contributed by atoms with E-state index in [1.807, 2.05) is 24.3 Å². The fourth-order valence-electron chi connectivity index (χ4n) is 1.67. The van der Waals surface area contributed by atoms with Crippen LogP contribution < -0.4 is 10.9 Å². The first-order valence-corrected chi connectivity index (χ1v) is 7.25. The zero-order valence-corrected chi connectivity index (χ0v) is 11.4. The first kappa shape index (κ1) is 14.1. The maximum absolute atomic E-state index is 10.8. The van der Waals surface area contributed by atoms with E-state index in [1.165, 1.54) is 0 Å². The fraction of sp³-hybridized carbons (Fsp3) is 0.417. The molecule has 7 heteroatoms. The average Bonchev–Trinajstić information content (AvgIpc) is 2.81. The number of rotatable bonds is 7. The molecule has 1 heterocycles. The van der Waals surface area contributed by atoms with Crippen molar-refractivity contribution in [1.29, 1.82) is 0 Å². The monoisotopic (exact) mass is 282 g/mol. The highest BCUT2D eigenvalue weighted by atomic mass is 32.2. The van der Waals surface area contributed by atoms with Gasteiger partial charge < -0.3 is 8.97 Å². The number of nitrogens with one attached hydrogen (secondary N) is 2. The van der Waals surface area contributed by atoms with Gasteiger partial charge in [0.25, 0.3) is 0 Å². The normalized spacial score (nSPS) is 14.6. The highest BCUT2D eigenvalue weighted by molar-refractivity contribution is 7.79. The molecule has 2 unspecified atom stereocenters. The summed E-state index contributed by atoms with van der Waals surface area (Å²) in [5, 5.41) is -0.580. The fourth-order valence-corrected chi connectivity index (χ4v) is 2.12. The molecule has 2 N–H and O–H groups in total. The molecule has 0 spiro atoms. The molecule has 0 bridgehead atoms. The lowest BCUT2D eigenvalue weighted by atomic mass is 10.3. The van der Waals surface area contributed by atoms with Crippen LogP contribution in [0.5, 0.6) is 0 Å². The van der Waals surface area contributed by atoms with Crippen LogP contribution in [0.4, 0.5) is 0 Å².